The molecular weight excluding hydrogens is 291 g/mol. The van der Waals surface area contributed by atoms with Gasteiger partial charge in [-0.15, -0.1) is 0 Å². The SMILES string of the molecule is CC(N)CCC(=O)Nc1ccc(Br)cc1Cl. The molecule has 0 aromatic heterocycles. The van der Waals surface area contributed by atoms with Crippen LogP contribution in [0, 0.1) is 0 Å². The number of hydrogen-bond donors (Lipinski definition) is 2. The molecule has 1 aromatic carbocycles. The normalized spacial score (nSPS) is 12.2. The lowest BCUT2D eigenvalue weighted by Crippen LogP contribution is -2.19. The smallest absolute Gasteiger partial charge is 0.224 e. The Balaban J connectivity index is 2.56. The van der Waals surface area contributed by atoms with E-state index in [0.29, 0.717) is 23.6 Å². The van der Waals surface area contributed by atoms with Crippen molar-refractivity contribution in [2.75, 3.05) is 5.32 Å². The number of halogens is 2. The first kappa shape index (κ1) is 13.5. The van der Waals surface area contributed by atoms with Crippen LogP contribution in [-0.4, -0.2) is 11.9 Å². The van der Waals surface area contributed by atoms with Gasteiger partial charge in [0, 0.05) is 16.9 Å². The van der Waals surface area contributed by atoms with Gasteiger partial charge < -0.3 is 11.1 Å². The summed E-state index contributed by atoms with van der Waals surface area (Å²) in [5.41, 5.74) is 6.20. The molecule has 0 spiro atoms. The summed E-state index contributed by atoms with van der Waals surface area (Å²) >= 11 is 9.27. The Morgan fingerprint density at radius 1 is 1.62 bits per heavy atom. The van der Waals surface area contributed by atoms with E-state index in [-0.39, 0.29) is 11.9 Å². The van der Waals surface area contributed by atoms with Gasteiger partial charge in [-0.1, -0.05) is 27.5 Å². The summed E-state index contributed by atoms with van der Waals surface area (Å²) in [5, 5.41) is 3.26. The molecule has 88 valence electrons. The van der Waals surface area contributed by atoms with Crippen LogP contribution in [0.15, 0.2) is 22.7 Å². The summed E-state index contributed by atoms with van der Waals surface area (Å²) in [6.45, 7) is 1.87. The van der Waals surface area contributed by atoms with Gasteiger partial charge in [0.1, 0.15) is 0 Å². The van der Waals surface area contributed by atoms with Gasteiger partial charge in [-0.2, -0.15) is 0 Å². The molecule has 0 aliphatic rings. The zero-order valence-electron chi connectivity index (χ0n) is 8.97. The molecule has 0 radical (unpaired) electrons. The van der Waals surface area contributed by atoms with Crippen LogP contribution < -0.4 is 11.1 Å². The molecule has 1 amide bonds. The van der Waals surface area contributed by atoms with Crippen molar-refractivity contribution in [2.45, 2.75) is 25.8 Å². The van der Waals surface area contributed by atoms with Crippen molar-refractivity contribution >= 4 is 39.1 Å². The minimum Gasteiger partial charge on any atom is -0.328 e. The van der Waals surface area contributed by atoms with Gasteiger partial charge in [-0.3, -0.25) is 4.79 Å². The summed E-state index contributed by atoms with van der Waals surface area (Å²) in [6, 6.07) is 5.36. The number of rotatable bonds is 4. The van der Waals surface area contributed by atoms with E-state index >= 15 is 0 Å². The second kappa shape index (κ2) is 6.23. The first-order chi connectivity index (χ1) is 7.49. The molecule has 1 unspecified atom stereocenters. The largest absolute Gasteiger partial charge is 0.328 e. The highest BCUT2D eigenvalue weighted by Gasteiger charge is 2.07. The molecule has 16 heavy (non-hydrogen) atoms. The van der Waals surface area contributed by atoms with Crippen molar-refractivity contribution < 1.29 is 4.79 Å². The van der Waals surface area contributed by atoms with Gasteiger partial charge in [-0.25, -0.2) is 0 Å². The number of benzene rings is 1. The van der Waals surface area contributed by atoms with Crippen LogP contribution in [0.25, 0.3) is 0 Å². The zero-order valence-corrected chi connectivity index (χ0v) is 11.3. The number of carbonyl (C=O) groups is 1. The molecule has 1 aromatic rings. The van der Waals surface area contributed by atoms with E-state index in [4.69, 9.17) is 17.3 Å². The summed E-state index contributed by atoms with van der Waals surface area (Å²) < 4.78 is 0.881. The Morgan fingerprint density at radius 3 is 2.88 bits per heavy atom. The first-order valence-electron chi connectivity index (χ1n) is 4.99. The minimum atomic E-state index is -0.0680. The van der Waals surface area contributed by atoms with Crippen LogP contribution in [0.1, 0.15) is 19.8 Å². The molecule has 5 heteroatoms. The van der Waals surface area contributed by atoms with Gasteiger partial charge in [0.2, 0.25) is 5.91 Å². The fraction of sp³-hybridized carbons (Fsp3) is 0.364. The average molecular weight is 306 g/mol. The van der Waals surface area contributed by atoms with E-state index < -0.39 is 0 Å². The van der Waals surface area contributed by atoms with Crippen LogP contribution in [-0.2, 0) is 4.79 Å². The Morgan fingerprint density at radius 2 is 2.31 bits per heavy atom. The van der Waals surface area contributed by atoms with Gasteiger partial charge in [-0.05, 0) is 31.5 Å². The standard InChI is InChI=1S/C11H14BrClN2O/c1-7(14)2-5-11(16)15-10-4-3-8(12)6-9(10)13/h3-4,6-7H,2,5,14H2,1H3,(H,15,16). The highest BCUT2D eigenvalue weighted by molar-refractivity contribution is 9.10. The molecule has 0 aliphatic heterocycles. The third-order valence-electron chi connectivity index (χ3n) is 2.03. The summed E-state index contributed by atoms with van der Waals surface area (Å²) in [5.74, 6) is -0.0680. The maximum Gasteiger partial charge on any atom is 0.224 e. The maximum atomic E-state index is 11.5. The Kier molecular flexibility index (Phi) is 5.25. The molecule has 0 fully saturated rings. The van der Waals surface area contributed by atoms with Crippen molar-refractivity contribution in [1.82, 2.24) is 0 Å². The fourth-order valence-electron chi connectivity index (χ4n) is 1.16. The van der Waals surface area contributed by atoms with E-state index in [1.165, 1.54) is 0 Å². The van der Waals surface area contributed by atoms with E-state index in [1.54, 1.807) is 12.1 Å². The molecule has 0 saturated carbocycles. The van der Waals surface area contributed by atoms with Crippen LogP contribution in [0.2, 0.25) is 5.02 Å². The molecule has 1 atom stereocenters. The number of hydrogen-bond acceptors (Lipinski definition) is 2. The third kappa shape index (κ3) is 4.51. The predicted octanol–water partition coefficient (Wildman–Crippen LogP) is 3.17. The summed E-state index contributed by atoms with van der Waals surface area (Å²) in [7, 11) is 0. The van der Waals surface area contributed by atoms with Gasteiger partial charge >= 0.3 is 0 Å². The molecule has 0 heterocycles. The monoisotopic (exact) mass is 304 g/mol. The van der Waals surface area contributed by atoms with Crippen molar-refractivity contribution in [3.63, 3.8) is 0 Å². The maximum absolute atomic E-state index is 11.5. The topological polar surface area (TPSA) is 55.1 Å². The molecular formula is C11H14BrClN2O. The molecule has 0 saturated heterocycles. The average Bonchev–Trinajstić information content (AvgIpc) is 2.19. The first-order valence-corrected chi connectivity index (χ1v) is 6.16. The van der Waals surface area contributed by atoms with Crippen molar-refractivity contribution in [3.8, 4) is 0 Å². The number of anilines is 1. The minimum absolute atomic E-state index is 0.0335. The number of nitrogens with one attached hydrogen (secondary N) is 1. The zero-order chi connectivity index (χ0) is 12.1. The predicted molar refractivity (Wildman–Crippen MR) is 70.7 cm³/mol. The van der Waals surface area contributed by atoms with Crippen LogP contribution in [0.4, 0.5) is 5.69 Å². The molecule has 0 bridgehead atoms. The van der Waals surface area contributed by atoms with E-state index in [0.717, 1.165) is 4.47 Å². The van der Waals surface area contributed by atoms with Gasteiger partial charge in [0.25, 0.3) is 0 Å². The lowest BCUT2D eigenvalue weighted by molar-refractivity contribution is -0.116. The fourth-order valence-corrected chi connectivity index (χ4v) is 1.88. The Hall–Kier alpha value is -0.580. The number of nitrogens with two attached hydrogens (primary N) is 1. The highest BCUT2D eigenvalue weighted by Crippen LogP contribution is 2.25. The molecule has 1 rings (SSSR count). The Labute approximate surface area is 108 Å². The summed E-state index contributed by atoms with van der Waals surface area (Å²) in [4.78, 5) is 11.5. The molecule has 3 nitrogen and oxygen atoms in total. The third-order valence-corrected chi connectivity index (χ3v) is 2.84. The molecule has 3 N–H and O–H groups in total. The molecule has 0 aliphatic carbocycles. The van der Waals surface area contributed by atoms with E-state index in [2.05, 4.69) is 21.2 Å². The number of carbonyl (C=O) groups excluding carboxylic acids is 1. The van der Waals surface area contributed by atoms with Crippen molar-refractivity contribution in [2.24, 2.45) is 5.73 Å². The van der Waals surface area contributed by atoms with E-state index in [1.807, 2.05) is 13.0 Å². The van der Waals surface area contributed by atoms with Crippen molar-refractivity contribution in [3.05, 3.63) is 27.7 Å². The highest BCUT2D eigenvalue weighted by atomic mass is 79.9. The van der Waals surface area contributed by atoms with Gasteiger partial charge in [0.05, 0.1) is 10.7 Å². The lowest BCUT2D eigenvalue weighted by Gasteiger charge is -2.08. The van der Waals surface area contributed by atoms with Crippen molar-refractivity contribution in [1.29, 1.82) is 0 Å². The van der Waals surface area contributed by atoms with Crippen LogP contribution in [0.5, 0.6) is 0 Å². The van der Waals surface area contributed by atoms with E-state index in [9.17, 15) is 4.79 Å². The van der Waals surface area contributed by atoms with Gasteiger partial charge in [0.15, 0.2) is 0 Å². The Bertz CT molecular complexity index is 382. The second-order valence-electron chi connectivity index (χ2n) is 3.69. The van der Waals surface area contributed by atoms with Crippen LogP contribution >= 0.6 is 27.5 Å². The summed E-state index contributed by atoms with van der Waals surface area (Å²) in [6.07, 6.45) is 1.07. The lowest BCUT2D eigenvalue weighted by atomic mass is 10.2. The van der Waals surface area contributed by atoms with Crippen LogP contribution in [0.3, 0.4) is 0 Å². The number of amides is 1. The second-order valence-corrected chi connectivity index (χ2v) is 5.01. The quantitative estimate of drug-likeness (QED) is 0.897.